The summed E-state index contributed by atoms with van der Waals surface area (Å²) in [7, 11) is 0. The fourth-order valence-electron chi connectivity index (χ4n) is 2.40. The van der Waals surface area contributed by atoms with Crippen LogP contribution in [-0.2, 0) is 13.1 Å². The van der Waals surface area contributed by atoms with Gasteiger partial charge in [0, 0.05) is 29.5 Å². The van der Waals surface area contributed by atoms with Gasteiger partial charge in [-0.1, -0.05) is 18.2 Å². The summed E-state index contributed by atoms with van der Waals surface area (Å²) in [6, 6.07) is 17.8. The smallest absolute Gasteiger partial charge is 0.251 e. The third-order valence-electron chi connectivity index (χ3n) is 3.76. The fourth-order valence-corrected chi connectivity index (χ4v) is 2.40. The van der Waals surface area contributed by atoms with Crippen LogP contribution in [0.2, 0.25) is 0 Å². The Morgan fingerprint density at radius 2 is 1.58 bits per heavy atom. The van der Waals surface area contributed by atoms with Crippen molar-refractivity contribution < 1.29 is 14.6 Å². The Bertz CT molecular complexity index is 812. The second-order valence-electron chi connectivity index (χ2n) is 5.66. The summed E-state index contributed by atoms with van der Waals surface area (Å²) in [5, 5.41) is 5.63. The van der Waals surface area contributed by atoms with Crippen molar-refractivity contribution in [2.45, 2.75) is 13.1 Å². The maximum atomic E-state index is 12.3. The van der Waals surface area contributed by atoms with Crippen molar-refractivity contribution in [3.63, 3.8) is 0 Å². The summed E-state index contributed by atoms with van der Waals surface area (Å²) in [5.74, 6) is -0.483. The van der Waals surface area contributed by atoms with E-state index in [1.807, 2.05) is 36.4 Å². The highest BCUT2D eigenvalue weighted by Gasteiger charge is 2.11. The molecule has 3 rings (SSSR count). The first-order valence-electron chi connectivity index (χ1n) is 8.24. The third-order valence-corrected chi connectivity index (χ3v) is 3.76. The van der Waals surface area contributed by atoms with E-state index in [1.54, 1.807) is 36.7 Å². The minimum absolute atomic E-state index is 0.235. The zero-order chi connectivity index (χ0) is 18.2. The fraction of sp³-hybridized carbons (Fsp3) is 0.100. The van der Waals surface area contributed by atoms with Gasteiger partial charge in [0.1, 0.15) is 6.54 Å². The van der Waals surface area contributed by atoms with Gasteiger partial charge in [-0.3, -0.25) is 14.6 Å². The van der Waals surface area contributed by atoms with E-state index in [1.165, 1.54) is 0 Å². The first-order chi connectivity index (χ1) is 12.7. The molecule has 6 heteroatoms. The van der Waals surface area contributed by atoms with Gasteiger partial charge in [-0.2, -0.15) is 0 Å². The van der Waals surface area contributed by atoms with Crippen LogP contribution in [-0.4, -0.2) is 16.8 Å². The van der Waals surface area contributed by atoms with E-state index in [9.17, 15) is 9.59 Å². The van der Waals surface area contributed by atoms with Gasteiger partial charge in [-0.25, -0.2) is 4.98 Å². The van der Waals surface area contributed by atoms with Gasteiger partial charge in [-0.05, 0) is 30.3 Å². The molecule has 2 aromatic heterocycles. The van der Waals surface area contributed by atoms with E-state index in [4.69, 9.17) is 0 Å². The molecule has 26 heavy (non-hydrogen) atoms. The van der Waals surface area contributed by atoms with Crippen molar-refractivity contribution in [3.8, 4) is 0 Å². The van der Waals surface area contributed by atoms with Crippen LogP contribution in [0.25, 0.3) is 0 Å². The Labute approximate surface area is 151 Å². The molecule has 0 aliphatic carbocycles. The normalized spacial score (nSPS) is 10.2. The molecule has 6 nitrogen and oxygen atoms in total. The number of hydrogen-bond donors (Lipinski definition) is 2. The molecule has 0 aliphatic rings. The molecule has 0 aliphatic heterocycles. The average molecular weight is 347 g/mol. The maximum Gasteiger partial charge on any atom is 0.251 e. The molecule has 0 saturated carbocycles. The predicted octanol–water partition coefficient (Wildman–Crippen LogP) is 1.76. The van der Waals surface area contributed by atoms with Crippen molar-refractivity contribution >= 4 is 11.8 Å². The Kier molecular flexibility index (Phi) is 5.67. The second-order valence-corrected chi connectivity index (χ2v) is 5.66. The summed E-state index contributed by atoms with van der Waals surface area (Å²) in [6.45, 7) is 0.718. The molecule has 130 valence electrons. The topological polar surface area (TPSA) is 85.2 Å². The molecule has 2 amide bonds. The van der Waals surface area contributed by atoms with Gasteiger partial charge < -0.3 is 10.6 Å². The average Bonchev–Trinajstić information content (AvgIpc) is 2.72. The first kappa shape index (κ1) is 17.3. The SMILES string of the molecule is O=C(NCc1ccccn1)c1cccc(C(=O)NCc2cccc[nH+]2)c1. The molecule has 1 aromatic carbocycles. The lowest BCUT2D eigenvalue weighted by Gasteiger charge is -2.07. The summed E-state index contributed by atoms with van der Waals surface area (Å²) in [4.78, 5) is 31.8. The van der Waals surface area contributed by atoms with Crippen LogP contribution in [0.15, 0.2) is 73.1 Å². The molecular formula is C20H19N4O2+. The van der Waals surface area contributed by atoms with E-state index in [0.29, 0.717) is 24.2 Å². The quantitative estimate of drug-likeness (QED) is 0.712. The van der Waals surface area contributed by atoms with Crippen molar-refractivity contribution in [1.82, 2.24) is 15.6 Å². The lowest BCUT2D eigenvalue weighted by Crippen LogP contribution is -2.27. The highest BCUT2D eigenvalue weighted by atomic mass is 16.2. The number of nitrogens with one attached hydrogen (secondary N) is 3. The summed E-state index contributed by atoms with van der Waals surface area (Å²) >= 11 is 0. The molecule has 0 unspecified atom stereocenters. The highest BCUT2D eigenvalue weighted by Crippen LogP contribution is 2.06. The molecular weight excluding hydrogens is 328 g/mol. The van der Waals surface area contributed by atoms with Gasteiger partial charge in [-0.15, -0.1) is 0 Å². The van der Waals surface area contributed by atoms with Crippen molar-refractivity contribution in [3.05, 3.63) is 95.6 Å². The van der Waals surface area contributed by atoms with Gasteiger partial charge >= 0.3 is 0 Å². The van der Waals surface area contributed by atoms with Gasteiger partial charge in [0.2, 0.25) is 0 Å². The Morgan fingerprint density at radius 1 is 0.846 bits per heavy atom. The molecule has 0 radical (unpaired) electrons. The number of rotatable bonds is 6. The standard InChI is InChI=1S/C20H18N4O2/c25-19(23-13-17-8-1-3-10-21-17)15-6-5-7-16(12-15)20(26)24-14-18-9-2-4-11-22-18/h1-12H,13-14H2,(H,23,25)(H,24,26)/p+1. The minimum Gasteiger partial charge on any atom is -0.346 e. The van der Waals surface area contributed by atoms with Crippen LogP contribution in [0.4, 0.5) is 0 Å². The van der Waals surface area contributed by atoms with Crippen LogP contribution in [0.1, 0.15) is 32.1 Å². The van der Waals surface area contributed by atoms with E-state index in [2.05, 4.69) is 20.6 Å². The number of hydrogen-bond acceptors (Lipinski definition) is 3. The number of aromatic nitrogens is 2. The molecule has 0 atom stereocenters. The number of H-pyrrole nitrogens is 1. The second kappa shape index (κ2) is 8.53. The lowest BCUT2D eigenvalue weighted by molar-refractivity contribution is -0.390. The number of amides is 2. The van der Waals surface area contributed by atoms with Crippen molar-refractivity contribution in [1.29, 1.82) is 0 Å². The Hall–Kier alpha value is -3.54. The van der Waals surface area contributed by atoms with Crippen LogP contribution < -0.4 is 15.6 Å². The van der Waals surface area contributed by atoms with Crippen molar-refractivity contribution in [2.24, 2.45) is 0 Å². The van der Waals surface area contributed by atoms with E-state index < -0.39 is 0 Å². The van der Waals surface area contributed by atoms with Crippen LogP contribution in [0, 0.1) is 0 Å². The van der Waals surface area contributed by atoms with E-state index >= 15 is 0 Å². The first-order valence-corrected chi connectivity index (χ1v) is 8.24. The number of pyridine rings is 2. The molecule has 3 aromatic rings. The monoisotopic (exact) mass is 347 g/mol. The largest absolute Gasteiger partial charge is 0.346 e. The van der Waals surface area contributed by atoms with Crippen LogP contribution >= 0.6 is 0 Å². The lowest BCUT2D eigenvalue weighted by atomic mass is 10.1. The van der Waals surface area contributed by atoms with Crippen LogP contribution in [0.3, 0.4) is 0 Å². The summed E-state index contributed by atoms with van der Waals surface area (Å²) in [5.41, 5.74) is 2.53. The van der Waals surface area contributed by atoms with E-state index in [-0.39, 0.29) is 11.8 Å². The molecule has 0 spiro atoms. The third kappa shape index (κ3) is 4.73. The number of benzene rings is 1. The molecule has 0 bridgehead atoms. The van der Waals surface area contributed by atoms with Gasteiger partial charge in [0.05, 0.1) is 12.2 Å². The number of nitrogens with zero attached hydrogens (tertiary/aromatic N) is 1. The van der Waals surface area contributed by atoms with Gasteiger partial charge in [0.25, 0.3) is 11.8 Å². The zero-order valence-electron chi connectivity index (χ0n) is 14.1. The van der Waals surface area contributed by atoms with E-state index in [0.717, 1.165) is 11.4 Å². The predicted molar refractivity (Wildman–Crippen MR) is 96.0 cm³/mol. The Balaban J connectivity index is 1.60. The Morgan fingerprint density at radius 3 is 2.23 bits per heavy atom. The number of carbonyl (C=O) groups is 2. The number of aromatic amines is 1. The van der Waals surface area contributed by atoms with Crippen molar-refractivity contribution in [2.75, 3.05) is 0 Å². The maximum absolute atomic E-state index is 12.3. The molecule has 0 saturated heterocycles. The zero-order valence-corrected chi connectivity index (χ0v) is 14.1. The highest BCUT2D eigenvalue weighted by molar-refractivity contribution is 5.99. The summed E-state index contributed by atoms with van der Waals surface area (Å²) < 4.78 is 0. The molecule has 3 N–H and O–H groups in total. The molecule has 0 fully saturated rings. The summed E-state index contributed by atoms with van der Waals surface area (Å²) in [6.07, 6.45) is 3.48. The van der Waals surface area contributed by atoms with Crippen LogP contribution in [0.5, 0.6) is 0 Å². The molecule has 2 heterocycles. The number of carbonyl (C=O) groups excluding carboxylic acids is 2. The minimum atomic E-state index is -0.248. The van der Waals surface area contributed by atoms with Gasteiger partial charge in [0.15, 0.2) is 11.9 Å².